The first-order valence-electron chi connectivity index (χ1n) is 7.68. The minimum atomic E-state index is -0.661. The molecule has 0 amide bonds. The lowest BCUT2D eigenvalue weighted by atomic mass is 10.2. The standard InChI is InChI=1S/C18H14BrFN4O2/c1-12-21-22-23-24(12)17(9-13-5-3-2-4-6-13)18(25)26-11-14-7-8-15(19)10-16(14)20/h2-10H,11H2,1H3/b17-9-. The second kappa shape index (κ2) is 8.01. The van der Waals surface area contributed by atoms with Crippen molar-refractivity contribution in [3.05, 3.63) is 75.8 Å². The highest BCUT2D eigenvalue weighted by molar-refractivity contribution is 9.10. The van der Waals surface area contributed by atoms with E-state index in [2.05, 4.69) is 31.5 Å². The van der Waals surface area contributed by atoms with Gasteiger partial charge in [-0.1, -0.05) is 52.3 Å². The van der Waals surface area contributed by atoms with Crippen LogP contribution in [0.1, 0.15) is 17.0 Å². The molecule has 132 valence electrons. The van der Waals surface area contributed by atoms with Gasteiger partial charge in [0, 0.05) is 10.0 Å². The molecule has 0 aliphatic heterocycles. The topological polar surface area (TPSA) is 69.9 Å². The summed E-state index contributed by atoms with van der Waals surface area (Å²) in [5, 5.41) is 11.2. The van der Waals surface area contributed by atoms with Gasteiger partial charge < -0.3 is 4.74 Å². The molecule has 0 unspecified atom stereocenters. The van der Waals surface area contributed by atoms with Crippen molar-refractivity contribution in [2.45, 2.75) is 13.5 Å². The Hall–Kier alpha value is -2.87. The highest BCUT2D eigenvalue weighted by Crippen LogP contribution is 2.18. The summed E-state index contributed by atoms with van der Waals surface area (Å²) >= 11 is 3.19. The summed E-state index contributed by atoms with van der Waals surface area (Å²) < 4.78 is 21.1. The molecule has 3 rings (SSSR count). The number of ether oxygens (including phenoxy) is 1. The van der Waals surface area contributed by atoms with Crippen LogP contribution in [0.4, 0.5) is 4.39 Å². The minimum absolute atomic E-state index is 0.135. The fourth-order valence-electron chi connectivity index (χ4n) is 2.22. The first-order chi connectivity index (χ1) is 12.5. The maximum Gasteiger partial charge on any atom is 0.357 e. The number of hydrogen-bond donors (Lipinski definition) is 0. The van der Waals surface area contributed by atoms with Gasteiger partial charge in [0.2, 0.25) is 0 Å². The summed E-state index contributed by atoms with van der Waals surface area (Å²) in [6.45, 7) is 1.46. The molecule has 3 aromatic rings. The van der Waals surface area contributed by atoms with E-state index >= 15 is 0 Å². The number of benzene rings is 2. The summed E-state index contributed by atoms with van der Waals surface area (Å²) in [5.74, 6) is -0.690. The Labute approximate surface area is 157 Å². The minimum Gasteiger partial charge on any atom is -0.456 e. The molecule has 0 atom stereocenters. The smallest absolute Gasteiger partial charge is 0.357 e. The summed E-state index contributed by atoms with van der Waals surface area (Å²) in [6.07, 6.45) is 1.61. The van der Waals surface area contributed by atoms with Gasteiger partial charge in [-0.25, -0.2) is 9.18 Å². The first kappa shape index (κ1) is 17.9. The van der Waals surface area contributed by atoms with Gasteiger partial charge in [-0.15, -0.1) is 5.10 Å². The highest BCUT2D eigenvalue weighted by atomic mass is 79.9. The second-order valence-electron chi connectivity index (χ2n) is 5.39. The van der Waals surface area contributed by atoms with Crippen LogP contribution in [0.25, 0.3) is 11.8 Å². The van der Waals surface area contributed by atoms with E-state index in [0.29, 0.717) is 10.3 Å². The maximum absolute atomic E-state index is 13.9. The quantitative estimate of drug-likeness (QED) is 0.469. The van der Waals surface area contributed by atoms with Crippen LogP contribution in [0.5, 0.6) is 0 Å². The molecular formula is C18H14BrFN4O2. The van der Waals surface area contributed by atoms with Crippen molar-refractivity contribution in [3.63, 3.8) is 0 Å². The molecule has 8 heteroatoms. The predicted octanol–water partition coefficient (Wildman–Crippen LogP) is 3.62. The summed E-state index contributed by atoms with van der Waals surface area (Å²) in [4.78, 5) is 12.6. The van der Waals surface area contributed by atoms with E-state index in [-0.39, 0.29) is 17.9 Å². The lowest BCUT2D eigenvalue weighted by Crippen LogP contribution is -2.15. The fraction of sp³-hybridized carbons (Fsp3) is 0.111. The number of carbonyl (C=O) groups is 1. The summed E-state index contributed by atoms with van der Waals surface area (Å²) in [6, 6.07) is 13.8. The van der Waals surface area contributed by atoms with Gasteiger partial charge in [0.25, 0.3) is 0 Å². The molecule has 26 heavy (non-hydrogen) atoms. The van der Waals surface area contributed by atoms with Crippen LogP contribution in [0.2, 0.25) is 0 Å². The number of halogens is 2. The number of aryl methyl sites for hydroxylation is 1. The van der Waals surface area contributed by atoms with Crippen molar-refractivity contribution < 1.29 is 13.9 Å². The Balaban J connectivity index is 1.86. The van der Waals surface area contributed by atoms with Gasteiger partial charge in [0.15, 0.2) is 11.5 Å². The molecule has 0 radical (unpaired) electrons. The van der Waals surface area contributed by atoms with Crippen LogP contribution in [-0.2, 0) is 16.1 Å². The highest BCUT2D eigenvalue weighted by Gasteiger charge is 2.18. The van der Waals surface area contributed by atoms with Crippen LogP contribution >= 0.6 is 15.9 Å². The normalized spacial score (nSPS) is 11.4. The summed E-state index contributed by atoms with van der Waals surface area (Å²) in [5.41, 5.74) is 1.19. The number of tetrazole rings is 1. The second-order valence-corrected chi connectivity index (χ2v) is 6.31. The number of nitrogens with zero attached hydrogens (tertiary/aromatic N) is 4. The maximum atomic E-state index is 13.9. The molecule has 0 fully saturated rings. The largest absolute Gasteiger partial charge is 0.456 e. The molecule has 0 bridgehead atoms. The molecule has 6 nitrogen and oxygen atoms in total. The molecule has 0 spiro atoms. The van der Waals surface area contributed by atoms with E-state index in [1.165, 1.54) is 10.7 Å². The van der Waals surface area contributed by atoms with E-state index in [1.807, 2.05) is 30.3 Å². The third kappa shape index (κ3) is 4.20. The van der Waals surface area contributed by atoms with Crippen molar-refractivity contribution in [2.75, 3.05) is 0 Å². The van der Waals surface area contributed by atoms with Crippen LogP contribution in [0.15, 0.2) is 53.0 Å². The molecule has 0 saturated carbocycles. The molecule has 0 saturated heterocycles. The molecule has 2 aromatic carbocycles. The third-order valence-corrected chi connectivity index (χ3v) is 4.03. The van der Waals surface area contributed by atoms with Crippen molar-refractivity contribution in [2.24, 2.45) is 0 Å². The number of carbonyl (C=O) groups excluding carboxylic acids is 1. The van der Waals surface area contributed by atoms with Crippen LogP contribution in [0, 0.1) is 12.7 Å². The average Bonchev–Trinajstić information content (AvgIpc) is 3.05. The lowest BCUT2D eigenvalue weighted by Gasteiger charge is -2.10. The average molecular weight is 417 g/mol. The van der Waals surface area contributed by atoms with Crippen molar-refractivity contribution in [1.29, 1.82) is 0 Å². The Morgan fingerprint density at radius 1 is 1.27 bits per heavy atom. The molecule has 0 aliphatic carbocycles. The van der Waals surface area contributed by atoms with Crippen molar-refractivity contribution in [3.8, 4) is 0 Å². The Morgan fingerprint density at radius 3 is 2.69 bits per heavy atom. The number of aromatic nitrogens is 4. The van der Waals surface area contributed by atoms with E-state index in [9.17, 15) is 9.18 Å². The molecule has 1 aromatic heterocycles. The van der Waals surface area contributed by atoms with E-state index in [4.69, 9.17) is 4.74 Å². The molecular weight excluding hydrogens is 403 g/mol. The van der Waals surface area contributed by atoms with Crippen LogP contribution in [-0.4, -0.2) is 26.2 Å². The van der Waals surface area contributed by atoms with Crippen molar-refractivity contribution >= 4 is 33.7 Å². The zero-order valence-electron chi connectivity index (χ0n) is 13.8. The van der Waals surface area contributed by atoms with Gasteiger partial charge in [-0.05, 0) is 41.1 Å². The number of esters is 1. The van der Waals surface area contributed by atoms with Gasteiger partial charge in [0.05, 0.1) is 0 Å². The van der Waals surface area contributed by atoms with Gasteiger partial charge in [-0.2, -0.15) is 4.68 Å². The molecule has 1 heterocycles. The Morgan fingerprint density at radius 2 is 2.04 bits per heavy atom. The predicted molar refractivity (Wildman–Crippen MR) is 97.1 cm³/mol. The number of rotatable bonds is 5. The SMILES string of the molecule is Cc1nnnn1/C(=C\c1ccccc1)C(=O)OCc1ccc(Br)cc1F. The van der Waals surface area contributed by atoms with Crippen LogP contribution in [0.3, 0.4) is 0 Å². The first-order valence-corrected chi connectivity index (χ1v) is 8.47. The van der Waals surface area contributed by atoms with Gasteiger partial charge in [0.1, 0.15) is 12.4 Å². The zero-order valence-corrected chi connectivity index (χ0v) is 15.4. The Bertz CT molecular complexity index is 957. The molecule has 0 aliphatic rings. The lowest BCUT2D eigenvalue weighted by molar-refractivity contribution is -0.138. The van der Waals surface area contributed by atoms with E-state index in [1.54, 1.807) is 25.1 Å². The zero-order chi connectivity index (χ0) is 18.5. The monoisotopic (exact) mass is 416 g/mol. The van der Waals surface area contributed by atoms with Crippen molar-refractivity contribution in [1.82, 2.24) is 20.2 Å². The summed E-state index contributed by atoms with van der Waals surface area (Å²) in [7, 11) is 0. The number of hydrogen-bond acceptors (Lipinski definition) is 5. The van der Waals surface area contributed by atoms with E-state index in [0.717, 1.165) is 5.56 Å². The van der Waals surface area contributed by atoms with E-state index < -0.39 is 11.8 Å². The van der Waals surface area contributed by atoms with Crippen LogP contribution < -0.4 is 0 Å². The fourth-order valence-corrected chi connectivity index (χ4v) is 2.56. The Kier molecular flexibility index (Phi) is 5.52. The van der Waals surface area contributed by atoms with Gasteiger partial charge >= 0.3 is 5.97 Å². The third-order valence-electron chi connectivity index (χ3n) is 3.54. The molecule has 0 N–H and O–H groups in total. The van der Waals surface area contributed by atoms with Gasteiger partial charge in [-0.3, -0.25) is 0 Å².